The molecule has 1 aromatic carbocycles. The number of carbonyl (C=O) groups is 1. The Kier molecular flexibility index (Phi) is 4.94. The van der Waals surface area contributed by atoms with Gasteiger partial charge in [0.15, 0.2) is 17.1 Å². The number of ether oxygens (including phenoxy) is 1. The molecule has 0 saturated carbocycles. The highest BCUT2D eigenvalue weighted by molar-refractivity contribution is 7.88. The molecule has 1 amide bonds. The first-order valence-corrected chi connectivity index (χ1v) is 10.4. The molecule has 1 saturated heterocycles. The molecule has 0 N–H and O–H groups in total. The van der Waals surface area contributed by atoms with E-state index in [0.29, 0.717) is 28.3 Å². The van der Waals surface area contributed by atoms with Gasteiger partial charge in [-0.25, -0.2) is 8.42 Å². The number of methoxy groups -OCH3 is 1. The fourth-order valence-electron chi connectivity index (χ4n) is 3.35. The molecule has 9 heteroatoms. The van der Waals surface area contributed by atoms with Gasteiger partial charge in [-0.15, -0.1) is 0 Å². The van der Waals surface area contributed by atoms with Crippen LogP contribution in [0.5, 0.6) is 5.75 Å². The van der Waals surface area contributed by atoms with Crippen molar-refractivity contribution in [2.24, 2.45) is 0 Å². The molecule has 3 rings (SSSR count). The number of sulfonamides is 1. The Labute approximate surface area is 157 Å². The van der Waals surface area contributed by atoms with Crippen molar-refractivity contribution in [1.82, 2.24) is 9.21 Å². The molecule has 1 aliphatic rings. The fourth-order valence-corrected chi connectivity index (χ4v) is 4.76. The fraction of sp³-hybridized carbons (Fsp3) is 0.471. The predicted octanol–water partition coefficient (Wildman–Crippen LogP) is 2.59. The first-order valence-electron chi connectivity index (χ1n) is 8.18. The maximum atomic E-state index is 13.0. The number of rotatable bonds is 3. The van der Waals surface area contributed by atoms with Crippen molar-refractivity contribution < 1.29 is 22.4 Å². The van der Waals surface area contributed by atoms with E-state index in [-0.39, 0.29) is 30.3 Å². The molecule has 2 heterocycles. The second-order valence-corrected chi connectivity index (χ2v) is 8.86. The first kappa shape index (κ1) is 19.0. The summed E-state index contributed by atoms with van der Waals surface area (Å²) in [6, 6.07) is 4.34. The van der Waals surface area contributed by atoms with E-state index in [1.54, 1.807) is 30.0 Å². The van der Waals surface area contributed by atoms with Gasteiger partial charge in [0.25, 0.3) is 5.91 Å². The number of benzene rings is 1. The van der Waals surface area contributed by atoms with Gasteiger partial charge in [0.1, 0.15) is 0 Å². The molecule has 0 radical (unpaired) electrons. The van der Waals surface area contributed by atoms with Crippen molar-refractivity contribution in [2.45, 2.75) is 25.9 Å². The van der Waals surface area contributed by atoms with Crippen LogP contribution in [0.4, 0.5) is 0 Å². The molecule has 2 atom stereocenters. The van der Waals surface area contributed by atoms with Crippen LogP contribution in [0, 0.1) is 0 Å². The van der Waals surface area contributed by atoms with E-state index in [2.05, 4.69) is 0 Å². The number of fused-ring (bicyclic) bond motifs is 1. The smallest absolute Gasteiger partial charge is 0.289 e. The van der Waals surface area contributed by atoms with Gasteiger partial charge in [0, 0.05) is 41.6 Å². The summed E-state index contributed by atoms with van der Waals surface area (Å²) in [6.45, 7) is 4.18. The topological polar surface area (TPSA) is 80.1 Å². The summed E-state index contributed by atoms with van der Waals surface area (Å²) in [7, 11) is -1.81. The Morgan fingerprint density at radius 1 is 1.23 bits per heavy atom. The molecule has 7 nitrogen and oxygen atoms in total. The summed E-state index contributed by atoms with van der Waals surface area (Å²) in [5, 5.41) is 1.16. The third-order valence-electron chi connectivity index (χ3n) is 4.87. The van der Waals surface area contributed by atoms with Crippen LogP contribution < -0.4 is 4.74 Å². The lowest BCUT2D eigenvalue weighted by molar-refractivity contribution is 0.0456. The number of furan rings is 1. The highest BCUT2D eigenvalue weighted by Crippen LogP contribution is 2.33. The normalized spacial score (nSPS) is 22.0. The zero-order valence-corrected chi connectivity index (χ0v) is 16.6. The van der Waals surface area contributed by atoms with Crippen LogP contribution in [-0.4, -0.2) is 62.1 Å². The van der Waals surface area contributed by atoms with E-state index in [1.165, 1.54) is 17.7 Å². The zero-order valence-electron chi connectivity index (χ0n) is 15.0. The van der Waals surface area contributed by atoms with Gasteiger partial charge >= 0.3 is 0 Å². The monoisotopic (exact) mass is 400 g/mol. The molecule has 1 aromatic heterocycles. The van der Waals surface area contributed by atoms with Crippen molar-refractivity contribution in [3.63, 3.8) is 0 Å². The minimum absolute atomic E-state index is 0.174. The van der Waals surface area contributed by atoms with E-state index in [4.69, 9.17) is 20.8 Å². The maximum absolute atomic E-state index is 13.0. The molecule has 0 bridgehead atoms. The standard InChI is InChI=1S/C17H21ClN2O5S/c1-10-11(2)20(26(4,22)23)6-5-19(10)17(21)15-8-12-7-13(18)9-14(24-3)16(12)25-15/h7-11H,5-6H2,1-4H3/t10-,11+/m0/s1. The van der Waals surface area contributed by atoms with Crippen LogP contribution in [-0.2, 0) is 10.0 Å². The second kappa shape index (κ2) is 6.75. The lowest BCUT2D eigenvalue weighted by atomic mass is 10.1. The van der Waals surface area contributed by atoms with E-state index >= 15 is 0 Å². The van der Waals surface area contributed by atoms with E-state index < -0.39 is 10.0 Å². The summed E-state index contributed by atoms with van der Waals surface area (Å²) >= 11 is 6.06. The van der Waals surface area contributed by atoms with Gasteiger partial charge < -0.3 is 14.1 Å². The lowest BCUT2D eigenvalue weighted by Gasteiger charge is -2.43. The Balaban J connectivity index is 1.91. The number of hydrogen-bond acceptors (Lipinski definition) is 5. The Hall–Kier alpha value is -1.77. The molecule has 0 unspecified atom stereocenters. The summed E-state index contributed by atoms with van der Waals surface area (Å²) in [5.74, 6) is 0.342. The number of nitrogens with zero attached hydrogens (tertiary/aromatic N) is 2. The van der Waals surface area contributed by atoms with Crippen LogP contribution in [0.3, 0.4) is 0 Å². The van der Waals surface area contributed by atoms with Gasteiger partial charge in [-0.1, -0.05) is 11.6 Å². The van der Waals surface area contributed by atoms with Crippen LogP contribution in [0.25, 0.3) is 11.0 Å². The lowest BCUT2D eigenvalue weighted by Crippen LogP contribution is -2.60. The van der Waals surface area contributed by atoms with Crippen LogP contribution in [0.15, 0.2) is 22.6 Å². The number of amides is 1. The SMILES string of the molecule is COc1cc(Cl)cc2cc(C(=O)N3CCN(S(C)(=O)=O)[C@H](C)[C@@H]3C)oc12. The van der Waals surface area contributed by atoms with Gasteiger partial charge in [-0.2, -0.15) is 4.31 Å². The number of carbonyl (C=O) groups excluding carboxylic acids is 1. The molecule has 1 aliphatic heterocycles. The van der Waals surface area contributed by atoms with Gasteiger partial charge in [-0.05, 0) is 26.0 Å². The molecular formula is C17H21ClN2O5S. The van der Waals surface area contributed by atoms with Crippen molar-refractivity contribution in [1.29, 1.82) is 0 Å². The quantitative estimate of drug-likeness (QED) is 0.791. The van der Waals surface area contributed by atoms with E-state index in [9.17, 15) is 13.2 Å². The summed E-state index contributed by atoms with van der Waals surface area (Å²) in [6.07, 6.45) is 1.18. The van der Waals surface area contributed by atoms with E-state index in [0.717, 1.165) is 0 Å². The maximum Gasteiger partial charge on any atom is 0.289 e. The third-order valence-corrected chi connectivity index (χ3v) is 6.46. The van der Waals surface area contributed by atoms with Crippen molar-refractivity contribution in [3.05, 3.63) is 29.0 Å². The van der Waals surface area contributed by atoms with Gasteiger partial charge in [0.2, 0.25) is 10.0 Å². The van der Waals surface area contributed by atoms with Crippen molar-refractivity contribution in [2.75, 3.05) is 26.5 Å². The van der Waals surface area contributed by atoms with E-state index in [1.807, 2.05) is 6.92 Å². The molecule has 0 aliphatic carbocycles. The average molecular weight is 401 g/mol. The Morgan fingerprint density at radius 3 is 2.54 bits per heavy atom. The zero-order chi connectivity index (χ0) is 19.2. The number of piperazine rings is 1. The average Bonchev–Trinajstić information content (AvgIpc) is 2.98. The van der Waals surface area contributed by atoms with Crippen LogP contribution >= 0.6 is 11.6 Å². The minimum Gasteiger partial charge on any atom is -0.493 e. The molecule has 142 valence electrons. The molecule has 1 fully saturated rings. The van der Waals surface area contributed by atoms with Crippen molar-refractivity contribution in [3.8, 4) is 5.75 Å². The predicted molar refractivity (Wildman–Crippen MR) is 99.3 cm³/mol. The van der Waals surface area contributed by atoms with Gasteiger partial charge in [0.05, 0.1) is 13.4 Å². The van der Waals surface area contributed by atoms with Crippen LogP contribution in [0.1, 0.15) is 24.4 Å². The van der Waals surface area contributed by atoms with Crippen LogP contribution in [0.2, 0.25) is 5.02 Å². The highest BCUT2D eigenvalue weighted by atomic mass is 35.5. The molecular weight excluding hydrogens is 380 g/mol. The Morgan fingerprint density at radius 2 is 1.92 bits per heavy atom. The Bertz CT molecular complexity index is 955. The second-order valence-electron chi connectivity index (χ2n) is 6.49. The number of hydrogen-bond donors (Lipinski definition) is 0. The summed E-state index contributed by atoms with van der Waals surface area (Å²) < 4.78 is 36.2. The minimum atomic E-state index is -3.32. The third kappa shape index (κ3) is 3.28. The van der Waals surface area contributed by atoms with Crippen molar-refractivity contribution >= 4 is 38.5 Å². The molecule has 26 heavy (non-hydrogen) atoms. The first-order chi connectivity index (χ1) is 12.1. The summed E-state index contributed by atoms with van der Waals surface area (Å²) in [4.78, 5) is 14.6. The largest absolute Gasteiger partial charge is 0.493 e. The molecule has 2 aromatic rings. The summed E-state index contributed by atoms with van der Waals surface area (Å²) in [5.41, 5.74) is 0.454. The highest BCUT2D eigenvalue weighted by Gasteiger charge is 2.38. The number of halogens is 1. The molecule has 0 spiro atoms. The van der Waals surface area contributed by atoms with Gasteiger partial charge in [-0.3, -0.25) is 4.79 Å².